The Labute approximate surface area is 176 Å². The van der Waals surface area contributed by atoms with Gasteiger partial charge in [-0.25, -0.2) is 4.39 Å². The van der Waals surface area contributed by atoms with E-state index in [4.69, 9.17) is 9.47 Å². The van der Waals surface area contributed by atoms with Crippen molar-refractivity contribution < 1.29 is 23.5 Å². The van der Waals surface area contributed by atoms with E-state index in [1.54, 1.807) is 11.0 Å². The number of likely N-dealkylation sites (tertiary alicyclic amines) is 2. The minimum atomic E-state index is -0.529. The van der Waals surface area contributed by atoms with Crippen molar-refractivity contribution in [3.8, 4) is 5.75 Å². The number of carbonyl (C=O) groups excluding carboxylic acids is 2. The molecule has 1 aromatic rings. The molecule has 0 radical (unpaired) electrons. The highest BCUT2D eigenvalue weighted by atomic mass is 19.1. The molecule has 3 heterocycles. The first-order valence-corrected chi connectivity index (χ1v) is 10.6. The van der Waals surface area contributed by atoms with Crippen molar-refractivity contribution >= 4 is 11.8 Å². The number of amides is 2. The van der Waals surface area contributed by atoms with Crippen molar-refractivity contribution in [3.05, 3.63) is 29.6 Å². The first-order valence-electron chi connectivity index (χ1n) is 10.6. The Morgan fingerprint density at radius 1 is 1.13 bits per heavy atom. The standard InChI is InChI=1S/C22H30FN3O4/c1-24-15-22(14-18(24)21(28)26-9-11-30-12-10-26)5-7-25(8-6-22)20(27)16-3-4-19(29-2)17(23)13-16/h3-4,13,18H,5-12,14-15H2,1-2H3. The van der Waals surface area contributed by atoms with Crippen LogP contribution in [0.25, 0.3) is 0 Å². The van der Waals surface area contributed by atoms with Crippen LogP contribution in [0.15, 0.2) is 18.2 Å². The van der Waals surface area contributed by atoms with E-state index in [1.807, 2.05) is 11.9 Å². The van der Waals surface area contributed by atoms with E-state index in [0.717, 1.165) is 25.8 Å². The molecule has 8 heteroatoms. The Morgan fingerprint density at radius 3 is 2.47 bits per heavy atom. The van der Waals surface area contributed by atoms with Crippen LogP contribution in [0.2, 0.25) is 0 Å². The molecule has 7 nitrogen and oxygen atoms in total. The van der Waals surface area contributed by atoms with Crippen molar-refractivity contribution in [1.82, 2.24) is 14.7 Å². The number of likely N-dealkylation sites (N-methyl/N-ethyl adjacent to an activating group) is 1. The molecule has 3 aliphatic rings. The highest BCUT2D eigenvalue weighted by Crippen LogP contribution is 2.43. The van der Waals surface area contributed by atoms with Gasteiger partial charge in [-0.05, 0) is 49.9 Å². The Hall–Kier alpha value is -2.19. The monoisotopic (exact) mass is 419 g/mol. The average Bonchev–Trinajstić information content (AvgIpc) is 3.09. The van der Waals surface area contributed by atoms with Gasteiger partial charge in [-0.1, -0.05) is 0 Å². The lowest BCUT2D eigenvalue weighted by Gasteiger charge is -2.39. The van der Waals surface area contributed by atoms with Crippen molar-refractivity contribution in [1.29, 1.82) is 0 Å². The van der Waals surface area contributed by atoms with Crippen LogP contribution >= 0.6 is 0 Å². The van der Waals surface area contributed by atoms with Gasteiger partial charge in [-0.2, -0.15) is 0 Å². The molecule has 0 N–H and O–H groups in total. The van der Waals surface area contributed by atoms with Crippen molar-refractivity contribution in [2.45, 2.75) is 25.3 Å². The minimum Gasteiger partial charge on any atom is -0.494 e. The molecule has 4 rings (SSSR count). The number of nitrogens with zero attached hydrogens (tertiary/aromatic N) is 3. The topological polar surface area (TPSA) is 62.3 Å². The second kappa shape index (κ2) is 8.51. The fraction of sp³-hybridized carbons (Fsp3) is 0.636. The molecular weight excluding hydrogens is 389 g/mol. The lowest BCUT2D eigenvalue weighted by molar-refractivity contribution is -0.139. The van der Waals surface area contributed by atoms with E-state index in [1.165, 1.54) is 19.2 Å². The van der Waals surface area contributed by atoms with E-state index in [0.29, 0.717) is 45.0 Å². The minimum absolute atomic E-state index is 0.0588. The van der Waals surface area contributed by atoms with Gasteiger partial charge in [-0.15, -0.1) is 0 Å². The number of piperidine rings is 1. The number of rotatable bonds is 3. The molecule has 3 saturated heterocycles. The van der Waals surface area contributed by atoms with Gasteiger partial charge in [-0.3, -0.25) is 14.5 Å². The van der Waals surface area contributed by atoms with Crippen LogP contribution < -0.4 is 4.74 Å². The molecule has 1 aromatic carbocycles. The van der Waals surface area contributed by atoms with Crippen LogP contribution in [0, 0.1) is 11.2 Å². The SMILES string of the molecule is COc1ccc(C(=O)N2CCC3(CC2)CC(C(=O)N2CCOCC2)N(C)C3)cc1F. The molecule has 3 aliphatic heterocycles. The molecule has 2 amide bonds. The third-order valence-electron chi connectivity index (χ3n) is 6.86. The average molecular weight is 419 g/mol. The Bertz CT molecular complexity index is 804. The van der Waals surface area contributed by atoms with Crippen LogP contribution in [0.4, 0.5) is 4.39 Å². The number of morpholine rings is 1. The molecule has 0 aliphatic carbocycles. The fourth-order valence-corrected chi connectivity index (χ4v) is 5.07. The first kappa shape index (κ1) is 21.1. The fourth-order valence-electron chi connectivity index (χ4n) is 5.07. The Morgan fingerprint density at radius 2 is 1.83 bits per heavy atom. The molecule has 0 bridgehead atoms. The molecule has 1 spiro atoms. The molecule has 30 heavy (non-hydrogen) atoms. The molecule has 1 unspecified atom stereocenters. The summed E-state index contributed by atoms with van der Waals surface area (Å²) in [6.07, 6.45) is 2.54. The molecular formula is C22H30FN3O4. The van der Waals surface area contributed by atoms with Crippen LogP contribution in [0.5, 0.6) is 5.75 Å². The molecule has 3 fully saturated rings. The smallest absolute Gasteiger partial charge is 0.253 e. The van der Waals surface area contributed by atoms with Gasteiger partial charge < -0.3 is 19.3 Å². The predicted octanol–water partition coefficient (Wildman–Crippen LogP) is 1.62. The van der Waals surface area contributed by atoms with Crippen LogP contribution in [-0.2, 0) is 9.53 Å². The van der Waals surface area contributed by atoms with Crippen molar-refractivity contribution in [2.24, 2.45) is 5.41 Å². The highest BCUT2D eigenvalue weighted by molar-refractivity contribution is 5.94. The van der Waals surface area contributed by atoms with Gasteiger partial charge >= 0.3 is 0 Å². The van der Waals surface area contributed by atoms with E-state index in [2.05, 4.69) is 4.90 Å². The number of halogens is 1. The summed E-state index contributed by atoms with van der Waals surface area (Å²) < 4.78 is 24.3. The number of hydrogen-bond acceptors (Lipinski definition) is 5. The second-order valence-electron chi connectivity index (χ2n) is 8.71. The maximum Gasteiger partial charge on any atom is 0.253 e. The van der Waals surface area contributed by atoms with Crippen LogP contribution in [0.1, 0.15) is 29.6 Å². The largest absolute Gasteiger partial charge is 0.494 e. The van der Waals surface area contributed by atoms with Crippen LogP contribution in [-0.4, -0.2) is 92.7 Å². The summed E-state index contributed by atoms with van der Waals surface area (Å²) in [4.78, 5) is 31.7. The van der Waals surface area contributed by atoms with Gasteiger partial charge in [0.05, 0.1) is 26.4 Å². The molecule has 0 aromatic heterocycles. The molecule has 164 valence electrons. The number of benzene rings is 1. The zero-order chi connectivity index (χ0) is 21.3. The number of carbonyl (C=O) groups is 2. The van der Waals surface area contributed by atoms with Crippen molar-refractivity contribution in [3.63, 3.8) is 0 Å². The lowest BCUT2D eigenvalue weighted by atomic mass is 9.76. The zero-order valence-corrected chi connectivity index (χ0v) is 17.7. The third-order valence-corrected chi connectivity index (χ3v) is 6.86. The van der Waals surface area contributed by atoms with Gasteiger partial charge in [0.1, 0.15) is 0 Å². The summed E-state index contributed by atoms with van der Waals surface area (Å²) in [5.41, 5.74) is 0.400. The predicted molar refractivity (Wildman–Crippen MR) is 109 cm³/mol. The first-order chi connectivity index (χ1) is 14.4. The lowest BCUT2D eigenvalue weighted by Crippen LogP contribution is -2.48. The highest BCUT2D eigenvalue weighted by Gasteiger charge is 2.48. The second-order valence-corrected chi connectivity index (χ2v) is 8.71. The maximum absolute atomic E-state index is 14.0. The van der Waals surface area contributed by atoms with Crippen LogP contribution in [0.3, 0.4) is 0 Å². The van der Waals surface area contributed by atoms with Crippen molar-refractivity contribution in [2.75, 3.05) is 60.1 Å². The van der Waals surface area contributed by atoms with Gasteiger partial charge in [0, 0.05) is 38.3 Å². The van der Waals surface area contributed by atoms with E-state index >= 15 is 0 Å². The van der Waals surface area contributed by atoms with Gasteiger partial charge in [0.15, 0.2) is 11.6 Å². The molecule has 0 saturated carbocycles. The summed E-state index contributed by atoms with van der Waals surface area (Å²) in [6, 6.07) is 4.24. The Balaban J connectivity index is 1.37. The van der Waals surface area contributed by atoms with E-state index in [-0.39, 0.29) is 29.0 Å². The van der Waals surface area contributed by atoms with Gasteiger partial charge in [0.2, 0.25) is 5.91 Å². The quantitative estimate of drug-likeness (QED) is 0.745. The number of hydrogen-bond donors (Lipinski definition) is 0. The third kappa shape index (κ3) is 4.03. The number of methoxy groups -OCH3 is 1. The van der Waals surface area contributed by atoms with E-state index in [9.17, 15) is 14.0 Å². The Kier molecular flexibility index (Phi) is 5.97. The molecule has 1 atom stereocenters. The summed E-state index contributed by atoms with van der Waals surface area (Å²) >= 11 is 0. The summed E-state index contributed by atoms with van der Waals surface area (Å²) in [7, 11) is 3.43. The van der Waals surface area contributed by atoms with Gasteiger partial charge in [0.25, 0.3) is 5.91 Å². The number of ether oxygens (including phenoxy) is 2. The summed E-state index contributed by atoms with van der Waals surface area (Å²) in [5.74, 6) is -0.351. The maximum atomic E-state index is 14.0. The normalized spacial score (nSPS) is 24.3. The summed E-state index contributed by atoms with van der Waals surface area (Å²) in [6.45, 7) is 4.66. The van der Waals surface area contributed by atoms with E-state index < -0.39 is 5.82 Å². The zero-order valence-electron chi connectivity index (χ0n) is 17.7. The summed E-state index contributed by atoms with van der Waals surface area (Å²) in [5, 5.41) is 0.